The van der Waals surface area contributed by atoms with E-state index in [1.54, 1.807) is 0 Å². The summed E-state index contributed by atoms with van der Waals surface area (Å²) in [5, 5.41) is 3.11. The van der Waals surface area contributed by atoms with Crippen LogP contribution in [0.3, 0.4) is 0 Å². The van der Waals surface area contributed by atoms with E-state index in [0.717, 1.165) is 30.5 Å². The second kappa shape index (κ2) is 8.45. The molecule has 0 aliphatic heterocycles. The van der Waals surface area contributed by atoms with Crippen LogP contribution < -0.4 is 5.32 Å². The fourth-order valence-electron chi connectivity index (χ4n) is 0.969. The first-order valence-electron chi connectivity index (χ1n) is 4.97. The summed E-state index contributed by atoms with van der Waals surface area (Å²) in [5.41, 5.74) is 1.81. The zero-order chi connectivity index (χ0) is 10.8. The van der Waals surface area contributed by atoms with Crippen LogP contribution in [0.15, 0.2) is 24.3 Å². The van der Waals surface area contributed by atoms with Crippen LogP contribution in [-0.2, 0) is 0 Å². The van der Waals surface area contributed by atoms with Gasteiger partial charge in [-0.25, -0.2) is 0 Å². The molecule has 1 aromatic carbocycles. The molecule has 0 saturated heterocycles. The fourth-order valence-corrected chi connectivity index (χ4v) is 0.969. The Bertz CT molecular complexity index is 256. The Morgan fingerprint density at radius 2 is 1.79 bits per heavy atom. The maximum Gasteiger partial charge on any atom is 0.150 e. The van der Waals surface area contributed by atoms with E-state index in [9.17, 15) is 4.79 Å². The molecule has 0 aliphatic carbocycles. The predicted molar refractivity (Wildman–Crippen MR) is 60.8 cm³/mol. The fraction of sp³-hybridized carbons (Fsp3) is 0.417. The van der Waals surface area contributed by atoms with Crippen molar-refractivity contribution in [1.29, 1.82) is 0 Å². The summed E-state index contributed by atoms with van der Waals surface area (Å²) in [6.07, 6.45) is 0.870. The van der Waals surface area contributed by atoms with Gasteiger partial charge >= 0.3 is 0 Å². The number of hydrogen-bond donors (Lipinski definition) is 1. The van der Waals surface area contributed by atoms with Gasteiger partial charge in [-0.2, -0.15) is 0 Å². The van der Waals surface area contributed by atoms with Crippen molar-refractivity contribution in [3.63, 3.8) is 0 Å². The summed E-state index contributed by atoms with van der Waals surface area (Å²) >= 11 is 0. The lowest BCUT2D eigenvalue weighted by Gasteiger charge is -1.92. The second-order valence-corrected chi connectivity index (χ2v) is 2.93. The van der Waals surface area contributed by atoms with E-state index in [0.29, 0.717) is 0 Å². The zero-order valence-corrected chi connectivity index (χ0v) is 9.21. The number of carbonyl (C=O) groups is 1. The molecule has 0 unspecified atom stereocenters. The summed E-state index contributed by atoms with van der Waals surface area (Å²) in [5.74, 6) is 0. The highest BCUT2D eigenvalue weighted by atomic mass is 16.1. The van der Waals surface area contributed by atoms with Gasteiger partial charge in [0.15, 0.2) is 0 Å². The first-order valence-corrected chi connectivity index (χ1v) is 4.97. The van der Waals surface area contributed by atoms with E-state index < -0.39 is 0 Å². The van der Waals surface area contributed by atoms with Gasteiger partial charge in [0.05, 0.1) is 0 Å². The van der Waals surface area contributed by atoms with Crippen molar-refractivity contribution in [3.05, 3.63) is 35.4 Å². The molecule has 78 valence electrons. The molecular formula is C12H19NO. The number of nitrogens with one attached hydrogen (secondary N) is 1. The molecule has 0 saturated carbocycles. The summed E-state index contributed by atoms with van der Waals surface area (Å²) in [6, 6.07) is 7.51. The maximum atomic E-state index is 10.2. The van der Waals surface area contributed by atoms with Gasteiger partial charge in [0.1, 0.15) is 6.29 Å². The number of rotatable bonds is 3. The second-order valence-electron chi connectivity index (χ2n) is 2.93. The Labute approximate surface area is 86.3 Å². The van der Waals surface area contributed by atoms with Gasteiger partial charge in [0.25, 0.3) is 0 Å². The molecule has 2 heteroatoms. The average molecular weight is 193 g/mol. The maximum absolute atomic E-state index is 10.2. The van der Waals surface area contributed by atoms with Crippen LogP contribution in [0.25, 0.3) is 0 Å². The van der Waals surface area contributed by atoms with Crippen LogP contribution in [0.2, 0.25) is 0 Å². The smallest absolute Gasteiger partial charge is 0.150 e. The first-order chi connectivity index (χ1) is 6.76. The van der Waals surface area contributed by atoms with Gasteiger partial charge in [0.2, 0.25) is 0 Å². The Morgan fingerprint density at radius 3 is 2.07 bits per heavy atom. The third-order valence-electron chi connectivity index (χ3n) is 1.82. The summed E-state index contributed by atoms with van der Waals surface area (Å²) < 4.78 is 0. The number of carbonyl (C=O) groups excluding carboxylic acids is 1. The normalized spacial score (nSPS) is 8.79. The first kappa shape index (κ1) is 12.8. The molecular weight excluding hydrogens is 174 g/mol. The SMILES string of the molecule is CCNCC.Cc1ccccc1C=O. The van der Waals surface area contributed by atoms with Crippen molar-refractivity contribution < 1.29 is 4.79 Å². The van der Waals surface area contributed by atoms with E-state index in [4.69, 9.17) is 0 Å². The van der Waals surface area contributed by atoms with Gasteiger partial charge in [-0.05, 0) is 25.6 Å². The van der Waals surface area contributed by atoms with E-state index in [-0.39, 0.29) is 0 Å². The van der Waals surface area contributed by atoms with E-state index >= 15 is 0 Å². The highest BCUT2D eigenvalue weighted by Crippen LogP contribution is 2.02. The lowest BCUT2D eigenvalue weighted by molar-refractivity contribution is 0.112. The summed E-state index contributed by atoms with van der Waals surface area (Å²) in [7, 11) is 0. The minimum absolute atomic E-state index is 0.775. The zero-order valence-electron chi connectivity index (χ0n) is 9.21. The number of aldehydes is 1. The van der Waals surface area contributed by atoms with Crippen LogP contribution in [-0.4, -0.2) is 19.4 Å². The van der Waals surface area contributed by atoms with Crippen molar-refractivity contribution in [1.82, 2.24) is 5.32 Å². The minimum atomic E-state index is 0.775. The van der Waals surface area contributed by atoms with Crippen molar-refractivity contribution in [2.75, 3.05) is 13.1 Å². The Kier molecular flexibility index (Phi) is 7.75. The van der Waals surface area contributed by atoms with Crippen molar-refractivity contribution in [3.8, 4) is 0 Å². The van der Waals surface area contributed by atoms with Gasteiger partial charge in [-0.15, -0.1) is 0 Å². The Morgan fingerprint density at radius 1 is 1.21 bits per heavy atom. The number of hydrogen-bond acceptors (Lipinski definition) is 2. The molecule has 1 rings (SSSR count). The van der Waals surface area contributed by atoms with Crippen LogP contribution in [0, 0.1) is 6.92 Å². The van der Waals surface area contributed by atoms with Crippen LogP contribution in [0.5, 0.6) is 0 Å². The minimum Gasteiger partial charge on any atom is -0.317 e. The molecule has 0 fully saturated rings. The molecule has 0 spiro atoms. The van der Waals surface area contributed by atoms with E-state index in [2.05, 4.69) is 19.2 Å². The number of aryl methyl sites for hydroxylation is 1. The van der Waals surface area contributed by atoms with Gasteiger partial charge < -0.3 is 5.32 Å². The van der Waals surface area contributed by atoms with Gasteiger partial charge in [0, 0.05) is 5.56 Å². The topological polar surface area (TPSA) is 29.1 Å². The largest absolute Gasteiger partial charge is 0.317 e. The van der Waals surface area contributed by atoms with E-state index in [1.165, 1.54) is 0 Å². The van der Waals surface area contributed by atoms with E-state index in [1.807, 2.05) is 31.2 Å². The van der Waals surface area contributed by atoms with Crippen molar-refractivity contribution in [2.24, 2.45) is 0 Å². The molecule has 14 heavy (non-hydrogen) atoms. The molecule has 0 aromatic heterocycles. The lowest BCUT2D eigenvalue weighted by Crippen LogP contribution is -2.09. The van der Waals surface area contributed by atoms with Gasteiger partial charge in [-0.3, -0.25) is 4.79 Å². The molecule has 0 heterocycles. The molecule has 1 N–H and O–H groups in total. The third kappa shape index (κ3) is 5.49. The molecule has 0 amide bonds. The summed E-state index contributed by atoms with van der Waals surface area (Å²) in [6.45, 7) is 8.31. The van der Waals surface area contributed by atoms with Crippen molar-refractivity contribution in [2.45, 2.75) is 20.8 Å². The monoisotopic (exact) mass is 193 g/mol. The third-order valence-corrected chi connectivity index (χ3v) is 1.82. The molecule has 0 bridgehead atoms. The average Bonchev–Trinajstić information content (AvgIpc) is 2.21. The molecule has 0 radical (unpaired) electrons. The summed E-state index contributed by atoms with van der Waals surface area (Å²) in [4.78, 5) is 10.2. The Balaban J connectivity index is 0.000000292. The number of benzene rings is 1. The molecule has 0 aliphatic rings. The van der Waals surface area contributed by atoms with Crippen LogP contribution in [0.1, 0.15) is 29.8 Å². The highest BCUT2D eigenvalue weighted by Gasteiger charge is 1.90. The highest BCUT2D eigenvalue weighted by molar-refractivity contribution is 5.76. The van der Waals surface area contributed by atoms with Crippen LogP contribution in [0.4, 0.5) is 0 Å². The molecule has 2 nitrogen and oxygen atoms in total. The van der Waals surface area contributed by atoms with Crippen molar-refractivity contribution >= 4 is 6.29 Å². The Hall–Kier alpha value is -1.15. The predicted octanol–water partition coefficient (Wildman–Crippen LogP) is 2.42. The quantitative estimate of drug-likeness (QED) is 0.747. The standard InChI is InChI=1S/C8H8O.C4H11N/c1-7-4-2-3-5-8(7)6-9;1-3-5-4-2/h2-6H,1H3;5H,3-4H2,1-2H3. The molecule has 1 aromatic rings. The van der Waals surface area contributed by atoms with Gasteiger partial charge in [-0.1, -0.05) is 38.1 Å². The molecule has 0 atom stereocenters. The lowest BCUT2D eigenvalue weighted by atomic mass is 10.1. The van der Waals surface area contributed by atoms with Crippen LogP contribution >= 0.6 is 0 Å².